The van der Waals surface area contributed by atoms with Crippen LogP contribution in [-0.4, -0.2) is 11.5 Å². The van der Waals surface area contributed by atoms with E-state index in [1.54, 1.807) is 18.2 Å². The minimum Gasteiger partial charge on any atom is -0.487 e. The Morgan fingerprint density at radius 3 is 2.70 bits per heavy atom. The first-order valence-corrected chi connectivity index (χ1v) is 7.75. The molecule has 0 fully saturated rings. The van der Waals surface area contributed by atoms with E-state index in [9.17, 15) is 9.18 Å². The van der Waals surface area contributed by atoms with Gasteiger partial charge in [0.05, 0.1) is 12.5 Å². The highest BCUT2D eigenvalue weighted by atomic mass is 19.1. The molecule has 2 aromatic rings. The molecule has 3 rings (SSSR count). The highest BCUT2D eigenvalue weighted by Gasteiger charge is 2.34. The summed E-state index contributed by atoms with van der Waals surface area (Å²) in [6, 6.07) is 13.9. The lowest BCUT2D eigenvalue weighted by Crippen LogP contribution is -2.41. The molecular formula is C19H20FNO2. The molecule has 0 bridgehead atoms. The molecule has 1 aliphatic heterocycles. The Hall–Kier alpha value is -2.36. The largest absolute Gasteiger partial charge is 0.487 e. The topological polar surface area (TPSA) is 38.3 Å². The molecule has 3 nitrogen and oxygen atoms in total. The van der Waals surface area contributed by atoms with Crippen LogP contribution in [-0.2, 0) is 11.2 Å². The van der Waals surface area contributed by atoms with Crippen LogP contribution in [0.25, 0.3) is 0 Å². The van der Waals surface area contributed by atoms with Crippen molar-refractivity contribution in [1.82, 2.24) is 5.32 Å². The van der Waals surface area contributed by atoms with Crippen molar-refractivity contribution < 1.29 is 13.9 Å². The van der Waals surface area contributed by atoms with Crippen LogP contribution in [0, 0.1) is 5.82 Å². The molecular weight excluding hydrogens is 293 g/mol. The summed E-state index contributed by atoms with van der Waals surface area (Å²) >= 11 is 0. The second-order valence-corrected chi connectivity index (χ2v) is 6.49. The van der Waals surface area contributed by atoms with E-state index in [1.165, 1.54) is 6.07 Å². The number of hydrogen-bond acceptors (Lipinski definition) is 2. The number of hydrogen-bond donors (Lipinski definition) is 1. The molecule has 1 N–H and O–H groups in total. The third kappa shape index (κ3) is 3.52. The van der Waals surface area contributed by atoms with Crippen LogP contribution in [0.4, 0.5) is 4.39 Å². The van der Waals surface area contributed by atoms with Crippen molar-refractivity contribution in [1.29, 1.82) is 0 Å². The first-order chi connectivity index (χ1) is 10.9. The molecule has 120 valence electrons. The molecule has 1 atom stereocenters. The number of amides is 1. The number of benzene rings is 2. The van der Waals surface area contributed by atoms with Crippen LogP contribution in [0.15, 0.2) is 48.5 Å². The average molecular weight is 313 g/mol. The number of carbonyl (C=O) groups is 1. The van der Waals surface area contributed by atoms with Gasteiger partial charge in [-0.3, -0.25) is 4.79 Å². The zero-order valence-electron chi connectivity index (χ0n) is 13.3. The van der Waals surface area contributed by atoms with Crippen LogP contribution >= 0.6 is 0 Å². The van der Waals surface area contributed by atoms with Gasteiger partial charge in [-0.05, 0) is 31.5 Å². The predicted octanol–water partition coefficient (Wildman–Crippen LogP) is 3.79. The van der Waals surface area contributed by atoms with Gasteiger partial charge in [-0.2, -0.15) is 0 Å². The number of rotatable bonds is 3. The van der Waals surface area contributed by atoms with E-state index >= 15 is 0 Å². The van der Waals surface area contributed by atoms with Crippen molar-refractivity contribution in [3.63, 3.8) is 0 Å². The van der Waals surface area contributed by atoms with Crippen LogP contribution in [0.2, 0.25) is 0 Å². The fourth-order valence-electron chi connectivity index (χ4n) is 2.99. The number of carbonyl (C=O) groups excluding carboxylic acids is 1. The van der Waals surface area contributed by atoms with Gasteiger partial charge in [-0.25, -0.2) is 4.39 Å². The van der Waals surface area contributed by atoms with Gasteiger partial charge in [0.2, 0.25) is 5.91 Å². The van der Waals surface area contributed by atoms with E-state index in [-0.39, 0.29) is 29.8 Å². The number of nitrogens with one attached hydrogen (secondary N) is 1. The Morgan fingerprint density at radius 1 is 1.22 bits per heavy atom. The van der Waals surface area contributed by atoms with Crippen molar-refractivity contribution in [3.8, 4) is 5.75 Å². The van der Waals surface area contributed by atoms with Crippen LogP contribution in [0.1, 0.15) is 37.4 Å². The SMILES string of the molecule is CC1(C)C[C@@H](NC(=O)Cc2ccccc2F)c2ccccc2O1. The smallest absolute Gasteiger partial charge is 0.225 e. The standard InChI is InChI=1S/C19H20FNO2/c1-19(2)12-16(14-8-4-6-10-17(14)23-19)21-18(22)11-13-7-3-5-9-15(13)20/h3-10,16H,11-12H2,1-2H3,(H,21,22)/t16-/m1/s1. The summed E-state index contributed by atoms with van der Waals surface area (Å²) in [6.45, 7) is 4.00. The normalized spacial score (nSPS) is 18.7. The fourth-order valence-corrected chi connectivity index (χ4v) is 2.99. The number of para-hydroxylation sites is 1. The Bertz CT molecular complexity index is 727. The molecule has 23 heavy (non-hydrogen) atoms. The summed E-state index contributed by atoms with van der Waals surface area (Å²) in [6.07, 6.45) is 0.708. The summed E-state index contributed by atoms with van der Waals surface area (Å²) in [5, 5.41) is 3.02. The van der Waals surface area contributed by atoms with Gasteiger partial charge in [0.25, 0.3) is 0 Å². The molecule has 0 aromatic heterocycles. The molecule has 1 amide bonds. The van der Waals surface area contributed by atoms with Gasteiger partial charge in [0, 0.05) is 12.0 Å². The summed E-state index contributed by atoms with van der Waals surface area (Å²) in [5.74, 6) is 0.253. The molecule has 2 aromatic carbocycles. The van der Waals surface area contributed by atoms with Crippen LogP contribution < -0.4 is 10.1 Å². The number of ether oxygens (including phenoxy) is 1. The van der Waals surface area contributed by atoms with E-state index in [0.717, 1.165) is 11.3 Å². The van der Waals surface area contributed by atoms with E-state index < -0.39 is 0 Å². The van der Waals surface area contributed by atoms with Gasteiger partial charge in [0.15, 0.2) is 0 Å². The molecule has 0 saturated carbocycles. The van der Waals surface area contributed by atoms with Gasteiger partial charge in [-0.15, -0.1) is 0 Å². The maximum Gasteiger partial charge on any atom is 0.225 e. The van der Waals surface area contributed by atoms with Gasteiger partial charge >= 0.3 is 0 Å². The molecule has 1 aliphatic rings. The average Bonchev–Trinajstić information content (AvgIpc) is 2.48. The summed E-state index contributed by atoms with van der Waals surface area (Å²) < 4.78 is 19.6. The van der Waals surface area contributed by atoms with Crippen molar-refractivity contribution in [2.24, 2.45) is 0 Å². The van der Waals surface area contributed by atoms with E-state index in [1.807, 2.05) is 38.1 Å². The summed E-state index contributed by atoms with van der Waals surface area (Å²) in [5.41, 5.74) is 1.02. The molecule has 0 radical (unpaired) electrons. The van der Waals surface area contributed by atoms with Crippen molar-refractivity contribution in [3.05, 3.63) is 65.5 Å². The number of halogens is 1. The van der Waals surface area contributed by atoms with Crippen LogP contribution in [0.3, 0.4) is 0 Å². The third-order valence-electron chi connectivity index (χ3n) is 4.02. The lowest BCUT2D eigenvalue weighted by molar-refractivity contribution is -0.121. The predicted molar refractivity (Wildman–Crippen MR) is 86.8 cm³/mol. The fraction of sp³-hybridized carbons (Fsp3) is 0.316. The monoisotopic (exact) mass is 313 g/mol. The molecule has 0 unspecified atom stereocenters. The lowest BCUT2D eigenvalue weighted by Gasteiger charge is -2.37. The van der Waals surface area contributed by atoms with E-state index in [4.69, 9.17) is 4.74 Å². The van der Waals surface area contributed by atoms with Crippen molar-refractivity contribution in [2.75, 3.05) is 0 Å². The van der Waals surface area contributed by atoms with Crippen molar-refractivity contribution in [2.45, 2.75) is 38.3 Å². The molecule has 0 saturated heterocycles. The molecule has 0 aliphatic carbocycles. The quantitative estimate of drug-likeness (QED) is 0.936. The zero-order valence-corrected chi connectivity index (χ0v) is 13.3. The first-order valence-electron chi connectivity index (χ1n) is 7.75. The van der Waals surface area contributed by atoms with E-state index in [0.29, 0.717) is 12.0 Å². The van der Waals surface area contributed by atoms with Gasteiger partial charge in [0.1, 0.15) is 17.2 Å². The zero-order chi connectivity index (χ0) is 16.4. The summed E-state index contributed by atoms with van der Waals surface area (Å²) in [4.78, 5) is 12.3. The maximum atomic E-state index is 13.7. The maximum absolute atomic E-state index is 13.7. The van der Waals surface area contributed by atoms with Crippen molar-refractivity contribution >= 4 is 5.91 Å². The van der Waals surface area contributed by atoms with Crippen LogP contribution in [0.5, 0.6) is 5.75 Å². The van der Waals surface area contributed by atoms with E-state index in [2.05, 4.69) is 5.32 Å². The second kappa shape index (κ2) is 6.03. The molecule has 1 heterocycles. The van der Waals surface area contributed by atoms with Gasteiger partial charge in [-0.1, -0.05) is 36.4 Å². The molecule has 0 spiro atoms. The second-order valence-electron chi connectivity index (χ2n) is 6.49. The minimum absolute atomic E-state index is 0.0344. The minimum atomic E-state index is -0.357. The first kappa shape index (κ1) is 15.5. The Morgan fingerprint density at radius 2 is 1.91 bits per heavy atom. The van der Waals surface area contributed by atoms with Gasteiger partial charge < -0.3 is 10.1 Å². The summed E-state index contributed by atoms with van der Waals surface area (Å²) in [7, 11) is 0. The highest BCUT2D eigenvalue weighted by molar-refractivity contribution is 5.79. The highest BCUT2D eigenvalue weighted by Crippen LogP contribution is 2.39. The Kier molecular flexibility index (Phi) is 4.07. The molecule has 4 heteroatoms. The Balaban J connectivity index is 1.77. The Labute approximate surface area is 135 Å². The third-order valence-corrected chi connectivity index (χ3v) is 4.02. The lowest BCUT2D eigenvalue weighted by atomic mass is 9.89. The number of fused-ring (bicyclic) bond motifs is 1.